The van der Waals surface area contributed by atoms with Crippen LogP contribution in [0.4, 0.5) is 5.69 Å². The number of nitrogens with two attached hydrogens (primary N) is 1. The molecular formula is C19H26N2. The van der Waals surface area contributed by atoms with Gasteiger partial charge in [-0.1, -0.05) is 29.8 Å². The molecule has 0 aromatic heterocycles. The van der Waals surface area contributed by atoms with E-state index in [4.69, 9.17) is 5.73 Å². The molecule has 2 heteroatoms. The number of benzene rings is 2. The molecule has 0 saturated carbocycles. The van der Waals surface area contributed by atoms with Crippen molar-refractivity contribution in [2.75, 3.05) is 11.4 Å². The average molecular weight is 282 g/mol. The van der Waals surface area contributed by atoms with E-state index in [1.54, 1.807) is 0 Å². The molecule has 0 aliphatic rings. The van der Waals surface area contributed by atoms with Gasteiger partial charge in [-0.25, -0.2) is 0 Å². The molecule has 0 aliphatic heterocycles. The van der Waals surface area contributed by atoms with Gasteiger partial charge in [0.1, 0.15) is 0 Å². The van der Waals surface area contributed by atoms with E-state index in [1.807, 2.05) is 0 Å². The van der Waals surface area contributed by atoms with Crippen molar-refractivity contribution in [1.29, 1.82) is 0 Å². The van der Waals surface area contributed by atoms with Crippen molar-refractivity contribution in [3.63, 3.8) is 0 Å². The lowest BCUT2D eigenvalue weighted by molar-refractivity contribution is 0.821. The molecule has 0 fully saturated rings. The molecule has 0 saturated heterocycles. The lowest BCUT2D eigenvalue weighted by Gasteiger charge is -2.25. The van der Waals surface area contributed by atoms with Crippen LogP contribution in [-0.4, -0.2) is 6.54 Å². The van der Waals surface area contributed by atoms with Crippen molar-refractivity contribution in [3.8, 4) is 0 Å². The van der Waals surface area contributed by atoms with Crippen LogP contribution in [0.1, 0.15) is 34.7 Å². The average Bonchev–Trinajstić information content (AvgIpc) is 2.47. The molecule has 2 aromatic rings. The molecule has 2 rings (SSSR count). The van der Waals surface area contributed by atoms with Crippen molar-refractivity contribution in [1.82, 2.24) is 0 Å². The third kappa shape index (κ3) is 3.64. The number of nitrogens with zero attached hydrogens (tertiary/aromatic N) is 1. The normalized spacial score (nSPS) is 10.7. The molecule has 0 unspecified atom stereocenters. The van der Waals surface area contributed by atoms with Crippen LogP contribution in [-0.2, 0) is 13.1 Å². The van der Waals surface area contributed by atoms with Crippen LogP contribution in [0.25, 0.3) is 0 Å². The van der Waals surface area contributed by atoms with E-state index in [1.165, 1.54) is 33.5 Å². The molecule has 2 N–H and O–H groups in total. The smallest absolute Gasteiger partial charge is 0.0434 e. The second-order valence-electron chi connectivity index (χ2n) is 5.76. The summed E-state index contributed by atoms with van der Waals surface area (Å²) in [5.74, 6) is 0. The zero-order valence-corrected chi connectivity index (χ0v) is 13.6. The Morgan fingerprint density at radius 1 is 0.952 bits per heavy atom. The molecule has 112 valence electrons. The SMILES string of the molecule is CCN(Cc1c(C)cc(C)cc1C)c1ccc(CN)cc1. The van der Waals surface area contributed by atoms with Crippen LogP contribution in [0, 0.1) is 20.8 Å². The second-order valence-corrected chi connectivity index (χ2v) is 5.76. The molecule has 21 heavy (non-hydrogen) atoms. The Kier molecular flexibility index (Phi) is 5.03. The summed E-state index contributed by atoms with van der Waals surface area (Å²) in [6.07, 6.45) is 0. The summed E-state index contributed by atoms with van der Waals surface area (Å²) in [7, 11) is 0. The number of anilines is 1. The molecule has 0 spiro atoms. The van der Waals surface area contributed by atoms with Crippen LogP contribution in [0.3, 0.4) is 0 Å². The molecule has 0 amide bonds. The number of hydrogen-bond acceptors (Lipinski definition) is 2. The first-order valence-electron chi connectivity index (χ1n) is 7.65. The van der Waals surface area contributed by atoms with E-state index in [9.17, 15) is 0 Å². The van der Waals surface area contributed by atoms with Crippen LogP contribution < -0.4 is 10.6 Å². The predicted molar refractivity (Wildman–Crippen MR) is 91.7 cm³/mol. The van der Waals surface area contributed by atoms with Crippen molar-refractivity contribution in [2.24, 2.45) is 5.73 Å². The Labute approximate surface area is 128 Å². The van der Waals surface area contributed by atoms with Gasteiger partial charge in [-0.2, -0.15) is 0 Å². The van der Waals surface area contributed by atoms with E-state index in [0.717, 1.165) is 13.1 Å². The van der Waals surface area contributed by atoms with Gasteiger partial charge in [-0.05, 0) is 62.1 Å². The first-order valence-corrected chi connectivity index (χ1v) is 7.65. The topological polar surface area (TPSA) is 29.3 Å². The molecule has 0 bridgehead atoms. The zero-order chi connectivity index (χ0) is 15.4. The summed E-state index contributed by atoms with van der Waals surface area (Å²) in [5.41, 5.74) is 13.6. The van der Waals surface area contributed by atoms with Gasteiger partial charge in [0.25, 0.3) is 0 Å². The molecule has 2 nitrogen and oxygen atoms in total. The Balaban J connectivity index is 2.26. The first-order chi connectivity index (χ1) is 10.0. The third-order valence-corrected chi connectivity index (χ3v) is 4.11. The van der Waals surface area contributed by atoms with Crippen LogP contribution >= 0.6 is 0 Å². The standard InChI is InChI=1S/C19H26N2/c1-5-21(18-8-6-17(12-20)7-9-18)13-19-15(3)10-14(2)11-16(19)4/h6-11H,5,12-13,20H2,1-4H3. The van der Waals surface area contributed by atoms with E-state index in [0.29, 0.717) is 6.54 Å². The van der Waals surface area contributed by atoms with Gasteiger partial charge in [0, 0.05) is 25.3 Å². The molecule has 0 atom stereocenters. The summed E-state index contributed by atoms with van der Waals surface area (Å²) in [6, 6.07) is 13.1. The number of hydrogen-bond donors (Lipinski definition) is 1. The largest absolute Gasteiger partial charge is 0.367 e. The Bertz CT molecular complexity index is 576. The van der Waals surface area contributed by atoms with Gasteiger partial charge < -0.3 is 10.6 Å². The highest BCUT2D eigenvalue weighted by molar-refractivity contribution is 5.49. The molecule has 0 radical (unpaired) electrons. The molecule has 0 aliphatic carbocycles. The van der Waals surface area contributed by atoms with Gasteiger partial charge in [-0.3, -0.25) is 0 Å². The minimum Gasteiger partial charge on any atom is -0.367 e. The second kappa shape index (κ2) is 6.77. The van der Waals surface area contributed by atoms with E-state index < -0.39 is 0 Å². The summed E-state index contributed by atoms with van der Waals surface area (Å²) >= 11 is 0. The summed E-state index contributed by atoms with van der Waals surface area (Å²) < 4.78 is 0. The fourth-order valence-corrected chi connectivity index (χ4v) is 2.88. The monoisotopic (exact) mass is 282 g/mol. The van der Waals surface area contributed by atoms with Gasteiger partial charge in [-0.15, -0.1) is 0 Å². The van der Waals surface area contributed by atoms with Gasteiger partial charge in [0.15, 0.2) is 0 Å². The van der Waals surface area contributed by atoms with Gasteiger partial charge >= 0.3 is 0 Å². The maximum Gasteiger partial charge on any atom is 0.0434 e. The van der Waals surface area contributed by atoms with Crippen LogP contribution in [0.2, 0.25) is 0 Å². The number of rotatable bonds is 5. The lowest BCUT2D eigenvalue weighted by Crippen LogP contribution is -2.23. The molecule has 2 aromatic carbocycles. The van der Waals surface area contributed by atoms with E-state index >= 15 is 0 Å². The zero-order valence-electron chi connectivity index (χ0n) is 13.6. The Morgan fingerprint density at radius 3 is 2.00 bits per heavy atom. The fourth-order valence-electron chi connectivity index (χ4n) is 2.88. The highest BCUT2D eigenvalue weighted by Crippen LogP contribution is 2.22. The van der Waals surface area contributed by atoms with E-state index in [2.05, 4.69) is 69.0 Å². The van der Waals surface area contributed by atoms with Gasteiger partial charge in [0.2, 0.25) is 0 Å². The molecular weight excluding hydrogens is 256 g/mol. The van der Waals surface area contributed by atoms with Crippen LogP contribution in [0.15, 0.2) is 36.4 Å². The minimum atomic E-state index is 0.600. The van der Waals surface area contributed by atoms with Crippen molar-refractivity contribution < 1.29 is 0 Å². The maximum atomic E-state index is 5.67. The number of aryl methyl sites for hydroxylation is 3. The van der Waals surface area contributed by atoms with E-state index in [-0.39, 0.29) is 0 Å². The highest BCUT2D eigenvalue weighted by Gasteiger charge is 2.10. The summed E-state index contributed by atoms with van der Waals surface area (Å²) in [4.78, 5) is 2.41. The van der Waals surface area contributed by atoms with Crippen molar-refractivity contribution in [3.05, 3.63) is 64.2 Å². The highest BCUT2D eigenvalue weighted by atomic mass is 15.1. The Hall–Kier alpha value is -1.80. The lowest BCUT2D eigenvalue weighted by atomic mass is 9.99. The third-order valence-electron chi connectivity index (χ3n) is 4.11. The van der Waals surface area contributed by atoms with Gasteiger partial charge in [0.05, 0.1) is 0 Å². The fraction of sp³-hybridized carbons (Fsp3) is 0.368. The summed E-state index contributed by atoms with van der Waals surface area (Å²) in [6.45, 7) is 11.3. The Morgan fingerprint density at radius 2 is 1.52 bits per heavy atom. The first kappa shape index (κ1) is 15.6. The van der Waals surface area contributed by atoms with Crippen molar-refractivity contribution in [2.45, 2.75) is 40.8 Å². The van der Waals surface area contributed by atoms with Crippen LogP contribution in [0.5, 0.6) is 0 Å². The van der Waals surface area contributed by atoms with Crippen molar-refractivity contribution >= 4 is 5.69 Å². The quantitative estimate of drug-likeness (QED) is 0.894. The summed E-state index contributed by atoms with van der Waals surface area (Å²) in [5, 5.41) is 0. The maximum absolute atomic E-state index is 5.67. The predicted octanol–water partition coefficient (Wildman–Crippen LogP) is 4.10. The molecule has 0 heterocycles. The minimum absolute atomic E-state index is 0.600.